The van der Waals surface area contributed by atoms with Gasteiger partial charge in [-0.2, -0.15) is 5.26 Å². The minimum Gasteiger partial charge on any atom is -0.472 e. The van der Waals surface area contributed by atoms with Crippen molar-refractivity contribution in [3.8, 4) is 11.9 Å². The van der Waals surface area contributed by atoms with Gasteiger partial charge in [-0.25, -0.2) is 9.97 Å². The van der Waals surface area contributed by atoms with Crippen LogP contribution in [-0.4, -0.2) is 45.9 Å². The molecule has 9 nitrogen and oxygen atoms in total. The normalized spacial score (nSPS) is 15.5. The Kier molecular flexibility index (Phi) is 6.92. The first-order chi connectivity index (χ1) is 13.7. The van der Waals surface area contributed by atoms with Gasteiger partial charge in [0.1, 0.15) is 17.6 Å². The highest BCUT2D eigenvalue weighted by atomic mass is 16.5. The molecule has 1 unspecified atom stereocenters. The van der Waals surface area contributed by atoms with Crippen LogP contribution in [0.1, 0.15) is 38.8 Å². The highest BCUT2D eigenvalue weighted by Crippen LogP contribution is 2.27. The minimum atomic E-state index is 0.0527. The van der Waals surface area contributed by atoms with Crippen molar-refractivity contribution in [3.63, 3.8) is 0 Å². The van der Waals surface area contributed by atoms with E-state index in [1.165, 1.54) is 12.4 Å². The molecule has 1 saturated heterocycles. The lowest BCUT2D eigenvalue weighted by Gasteiger charge is -2.24. The van der Waals surface area contributed by atoms with Crippen molar-refractivity contribution in [2.75, 3.05) is 30.3 Å². The number of nitrogens with one attached hydrogen (secondary N) is 3. The number of hydrogen-bond acceptors (Lipinski definition) is 9. The second-order valence-corrected chi connectivity index (χ2v) is 6.88. The number of nitrogens with zero attached hydrogens (tertiary/aromatic N) is 5. The van der Waals surface area contributed by atoms with Gasteiger partial charge in [-0.05, 0) is 45.2 Å². The molecule has 9 heteroatoms. The van der Waals surface area contributed by atoms with E-state index in [1.807, 2.05) is 19.1 Å². The molecule has 1 atom stereocenters. The standard InChI is InChI=1S/C19H26N8O/c1-3-13(2)28-19-16(23-10-14-4-6-21-7-5-14)8-17(26-27-19)25-18-12-22-15(9-20)11-24-18/h8,11-14,21H,3-7,10H2,1-2H3,(H2,23,24,25,26). The molecule has 0 radical (unpaired) electrons. The molecule has 1 aliphatic rings. The Morgan fingerprint density at radius 2 is 2.07 bits per heavy atom. The fourth-order valence-electron chi connectivity index (χ4n) is 2.85. The van der Waals surface area contributed by atoms with E-state index in [0.29, 0.717) is 23.4 Å². The average Bonchev–Trinajstić information content (AvgIpc) is 2.75. The molecule has 0 aliphatic carbocycles. The Bertz CT molecular complexity index is 799. The molecular formula is C19H26N8O. The zero-order valence-electron chi connectivity index (χ0n) is 16.3. The third kappa shape index (κ3) is 5.50. The summed E-state index contributed by atoms with van der Waals surface area (Å²) in [6.45, 7) is 7.06. The van der Waals surface area contributed by atoms with Gasteiger partial charge in [0.05, 0.1) is 18.5 Å². The van der Waals surface area contributed by atoms with E-state index in [4.69, 9.17) is 10.00 Å². The van der Waals surface area contributed by atoms with Crippen molar-refractivity contribution in [2.45, 2.75) is 39.2 Å². The lowest BCUT2D eigenvalue weighted by molar-refractivity contribution is 0.207. The highest BCUT2D eigenvalue weighted by Gasteiger charge is 2.16. The Morgan fingerprint density at radius 3 is 2.75 bits per heavy atom. The van der Waals surface area contributed by atoms with Crippen LogP contribution in [0.15, 0.2) is 18.5 Å². The maximum atomic E-state index is 8.82. The SMILES string of the molecule is CCC(C)Oc1nnc(Nc2cnc(C#N)cn2)cc1NCC1CCNCC1. The monoisotopic (exact) mass is 382 g/mol. The molecule has 2 aromatic heterocycles. The fraction of sp³-hybridized carbons (Fsp3) is 0.526. The Labute approximate surface area is 164 Å². The van der Waals surface area contributed by atoms with Crippen molar-refractivity contribution in [3.05, 3.63) is 24.2 Å². The van der Waals surface area contributed by atoms with Gasteiger partial charge in [0.15, 0.2) is 11.5 Å². The number of hydrogen-bond donors (Lipinski definition) is 3. The second-order valence-electron chi connectivity index (χ2n) is 6.88. The van der Waals surface area contributed by atoms with Crippen LogP contribution >= 0.6 is 0 Å². The van der Waals surface area contributed by atoms with Crippen molar-refractivity contribution < 1.29 is 4.74 Å². The van der Waals surface area contributed by atoms with E-state index < -0.39 is 0 Å². The quantitative estimate of drug-likeness (QED) is 0.632. The van der Waals surface area contributed by atoms with E-state index in [-0.39, 0.29) is 11.8 Å². The molecule has 1 aliphatic heterocycles. The summed E-state index contributed by atoms with van der Waals surface area (Å²) in [6, 6.07) is 3.81. The molecule has 0 amide bonds. The van der Waals surface area contributed by atoms with E-state index >= 15 is 0 Å². The van der Waals surface area contributed by atoms with Gasteiger partial charge >= 0.3 is 0 Å². The molecule has 2 aromatic rings. The number of piperidine rings is 1. The van der Waals surface area contributed by atoms with E-state index in [1.54, 1.807) is 0 Å². The van der Waals surface area contributed by atoms with Crippen LogP contribution in [0, 0.1) is 17.2 Å². The maximum Gasteiger partial charge on any atom is 0.257 e. The van der Waals surface area contributed by atoms with Crippen molar-refractivity contribution in [1.82, 2.24) is 25.5 Å². The number of rotatable bonds is 8. The average molecular weight is 382 g/mol. The molecule has 0 spiro atoms. The predicted octanol–water partition coefficient (Wildman–Crippen LogP) is 2.47. The first-order valence-electron chi connectivity index (χ1n) is 9.66. The molecule has 0 aromatic carbocycles. The molecule has 3 rings (SSSR count). The third-order valence-corrected chi connectivity index (χ3v) is 4.71. The van der Waals surface area contributed by atoms with Crippen LogP contribution in [0.4, 0.5) is 17.3 Å². The van der Waals surface area contributed by atoms with Gasteiger partial charge in [-0.1, -0.05) is 6.92 Å². The van der Waals surface area contributed by atoms with Crippen LogP contribution < -0.4 is 20.7 Å². The third-order valence-electron chi connectivity index (χ3n) is 4.71. The first kappa shape index (κ1) is 19.8. The van der Waals surface area contributed by atoms with Gasteiger partial charge < -0.3 is 20.7 Å². The lowest BCUT2D eigenvalue weighted by Crippen LogP contribution is -2.31. The smallest absolute Gasteiger partial charge is 0.257 e. The second kappa shape index (κ2) is 9.80. The van der Waals surface area contributed by atoms with Crippen LogP contribution in [0.5, 0.6) is 5.88 Å². The number of anilines is 3. The van der Waals surface area contributed by atoms with Crippen LogP contribution in [0.3, 0.4) is 0 Å². The highest BCUT2D eigenvalue weighted by molar-refractivity contribution is 5.61. The molecule has 1 fully saturated rings. The maximum absolute atomic E-state index is 8.82. The Balaban J connectivity index is 1.74. The first-order valence-corrected chi connectivity index (χ1v) is 9.66. The summed E-state index contributed by atoms with van der Waals surface area (Å²) >= 11 is 0. The summed E-state index contributed by atoms with van der Waals surface area (Å²) in [5.74, 6) is 2.14. The summed E-state index contributed by atoms with van der Waals surface area (Å²) < 4.78 is 5.93. The Hall–Kier alpha value is -2.99. The van der Waals surface area contributed by atoms with Crippen molar-refractivity contribution in [2.24, 2.45) is 5.92 Å². The number of ether oxygens (including phenoxy) is 1. The topological polar surface area (TPSA) is 121 Å². The molecular weight excluding hydrogens is 356 g/mol. The van der Waals surface area contributed by atoms with Gasteiger partial charge in [-0.15, -0.1) is 10.2 Å². The molecule has 3 heterocycles. The molecule has 148 valence electrons. The summed E-state index contributed by atoms with van der Waals surface area (Å²) in [5, 5.41) is 27.2. The van der Waals surface area contributed by atoms with Gasteiger partial charge in [-0.3, -0.25) is 0 Å². The van der Waals surface area contributed by atoms with Gasteiger partial charge in [0.25, 0.3) is 5.88 Å². The van der Waals surface area contributed by atoms with Crippen LogP contribution in [0.2, 0.25) is 0 Å². The lowest BCUT2D eigenvalue weighted by atomic mass is 9.98. The molecule has 28 heavy (non-hydrogen) atoms. The Morgan fingerprint density at radius 1 is 1.25 bits per heavy atom. The van der Waals surface area contributed by atoms with Crippen molar-refractivity contribution in [1.29, 1.82) is 5.26 Å². The zero-order chi connectivity index (χ0) is 19.8. The fourth-order valence-corrected chi connectivity index (χ4v) is 2.85. The largest absolute Gasteiger partial charge is 0.472 e. The van der Waals surface area contributed by atoms with E-state index in [2.05, 4.69) is 43.0 Å². The summed E-state index contributed by atoms with van der Waals surface area (Å²) in [4.78, 5) is 8.16. The minimum absolute atomic E-state index is 0.0527. The summed E-state index contributed by atoms with van der Waals surface area (Å²) in [5.41, 5.74) is 1.07. The number of aromatic nitrogens is 4. The molecule has 3 N–H and O–H groups in total. The molecule has 0 bridgehead atoms. The van der Waals surface area contributed by atoms with E-state index in [9.17, 15) is 0 Å². The predicted molar refractivity (Wildman–Crippen MR) is 107 cm³/mol. The van der Waals surface area contributed by atoms with Crippen molar-refractivity contribution >= 4 is 17.3 Å². The van der Waals surface area contributed by atoms with Crippen LogP contribution in [-0.2, 0) is 0 Å². The summed E-state index contributed by atoms with van der Waals surface area (Å²) in [6.07, 6.45) is 6.14. The van der Waals surface area contributed by atoms with Gasteiger partial charge in [0.2, 0.25) is 0 Å². The van der Waals surface area contributed by atoms with Gasteiger partial charge in [0, 0.05) is 12.6 Å². The van der Waals surface area contributed by atoms with E-state index in [0.717, 1.165) is 44.6 Å². The molecule has 0 saturated carbocycles. The van der Waals surface area contributed by atoms with Crippen LogP contribution in [0.25, 0.3) is 0 Å². The summed E-state index contributed by atoms with van der Waals surface area (Å²) in [7, 11) is 0. The number of nitriles is 1. The zero-order valence-corrected chi connectivity index (χ0v) is 16.3.